The number of Topliss-reactive ketones (excluding diaryl/α,β-unsaturated/α-hetero) is 2. The summed E-state index contributed by atoms with van der Waals surface area (Å²) in [4.78, 5) is 26.2. The van der Waals surface area contributed by atoms with Crippen molar-refractivity contribution in [2.75, 3.05) is 7.11 Å². The molecule has 3 aromatic rings. The quantitative estimate of drug-likeness (QED) is 0.515. The van der Waals surface area contributed by atoms with Crippen LogP contribution in [-0.4, -0.2) is 33.7 Å². The molecule has 0 radical (unpaired) electrons. The molecule has 162 valence electrons. The fourth-order valence-electron chi connectivity index (χ4n) is 3.42. The summed E-state index contributed by atoms with van der Waals surface area (Å²) in [7, 11) is 1.61. The molecule has 0 saturated carbocycles. The zero-order chi connectivity index (χ0) is 22.7. The number of hydrogen-bond donors (Lipinski definition) is 0. The second kappa shape index (κ2) is 9.01. The van der Waals surface area contributed by atoms with Crippen LogP contribution in [0.3, 0.4) is 0 Å². The molecular weight excluding hydrogens is 406 g/mol. The standard InChI is InChI=1S/C25H23N3O4/c1-16(2)8-13-22-23(29)20-6-4-5-7-21(20)24(30)25(22)32-15-17-14-28(27-26-17)18-9-11-19(31-3)12-10-18/h4-12,14H,13,15H2,1-3H3. The smallest absolute Gasteiger partial charge is 0.228 e. The molecule has 0 saturated heterocycles. The second-order valence-electron chi connectivity index (χ2n) is 7.64. The monoisotopic (exact) mass is 429 g/mol. The van der Waals surface area contributed by atoms with Crippen molar-refractivity contribution in [2.24, 2.45) is 0 Å². The molecule has 4 rings (SSSR count). The first-order chi connectivity index (χ1) is 15.5. The van der Waals surface area contributed by atoms with E-state index in [2.05, 4.69) is 10.3 Å². The molecule has 7 nitrogen and oxygen atoms in total. The molecule has 0 fully saturated rings. The Morgan fingerprint density at radius 3 is 2.34 bits per heavy atom. The largest absolute Gasteiger partial charge is 0.497 e. The summed E-state index contributed by atoms with van der Waals surface area (Å²) in [5, 5.41) is 8.26. The predicted octanol–water partition coefficient (Wildman–Crippen LogP) is 4.48. The fraction of sp³-hybridized carbons (Fsp3) is 0.200. The van der Waals surface area contributed by atoms with Crippen molar-refractivity contribution in [3.8, 4) is 11.4 Å². The number of nitrogens with zero attached hydrogens (tertiary/aromatic N) is 3. The molecule has 1 aliphatic carbocycles. The van der Waals surface area contributed by atoms with Gasteiger partial charge in [0.2, 0.25) is 5.78 Å². The van der Waals surface area contributed by atoms with Crippen LogP contribution in [0.4, 0.5) is 0 Å². The number of allylic oxidation sites excluding steroid dienone is 4. The highest BCUT2D eigenvalue weighted by atomic mass is 16.5. The van der Waals surface area contributed by atoms with Crippen LogP contribution in [0.25, 0.3) is 5.69 Å². The molecule has 0 spiro atoms. The van der Waals surface area contributed by atoms with Crippen molar-refractivity contribution < 1.29 is 19.1 Å². The molecule has 1 aromatic heterocycles. The average molecular weight is 429 g/mol. The maximum absolute atomic E-state index is 13.1. The van der Waals surface area contributed by atoms with Gasteiger partial charge in [0.05, 0.1) is 24.6 Å². The third-order valence-corrected chi connectivity index (χ3v) is 5.13. The molecule has 0 amide bonds. The third kappa shape index (κ3) is 4.23. The molecule has 0 atom stereocenters. The third-order valence-electron chi connectivity index (χ3n) is 5.13. The van der Waals surface area contributed by atoms with E-state index in [1.165, 1.54) is 0 Å². The average Bonchev–Trinajstić information content (AvgIpc) is 3.28. The fourth-order valence-corrected chi connectivity index (χ4v) is 3.42. The topological polar surface area (TPSA) is 83.3 Å². The Labute approximate surface area is 186 Å². The zero-order valence-electron chi connectivity index (χ0n) is 18.2. The van der Waals surface area contributed by atoms with E-state index < -0.39 is 0 Å². The van der Waals surface area contributed by atoms with Gasteiger partial charge in [-0.1, -0.05) is 41.1 Å². The Morgan fingerprint density at radius 1 is 1.00 bits per heavy atom. The van der Waals surface area contributed by atoms with Gasteiger partial charge in [-0.2, -0.15) is 0 Å². The van der Waals surface area contributed by atoms with E-state index in [-0.39, 0.29) is 23.9 Å². The van der Waals surface area contributed by atoms with Crippen molar-refractivity contribution >= 4 is 11.6 Å². The van der Waals surface area contributed by atoms with E-state index in [0.717, 1.165) is 17.0 Å². The van der Waals surface area contributed by atoms with Gasteiger partial charge in [0.25, 0.3) is 0 Å². The van der Waals surface area contributed by atoms with Crippen LogP contribution in [0, 0.1) is 0 Å². The molecular formula is C25H23N3O4. The van der Waals surface area contributed by atoms with E-state index in [1.807, 2.05) is 44.2 Å². The molecule has 0 bridgehead atoms. The van der Waals surface area contributed by atoms with E-state index in [9.17, 15) is 9.59 Å². The molecule has 0 N–H and O–H groups in total. The first-order valence-corrected chi connectivity index (χ1v) is 10.2. The number of rotatable bonds is 7. The Hall–Kier alpha value is -4.00. The predicted molar refractivity (Wildman–Crippen MR) is 119 cm³/mol. The molecule has 2 aromatic carbocycles. The molecule has 0 unspecified atom stereocenters. The van der Waals surface area contributed by atoms with Gasteiger partial charge in [0.15, 0.2) is 11.5 Å². The van der Waals surface area contributed by atoms with Crippen LogP contribution in [-0.2, 0) is 11.3 Å². The van der Waals surface area contributed by atoms with Crippen LogP contribution in [0.5, 0.6) is 5.75 Å². The molecule has 7 heteroatoms. The van der Waals surface area contributed by atoms with Gasteiger partial charge in [0, 0.05) is 11.1 Å². The van der Waals surface area contributed by atoms with E-state index in [4.69, 9.17) is 9.47 Å². The summed E-state index contributed by atoms with van der Waals surface area (Å²) in [5.74, 6) is 0.341. The summed E-state index contributed by atoms with van der Waals surface area (Å²) in [6.45, 7) is 3.91. The highest BCUT2D eigenvalue weighted by Crippen LogP contribution is 2.30. The number of carbonyl (C=O) groups is 2. The number of benzene rings is 2. The minimum atomic E-state index is -0.292. The van der Waals surface area contributed by atoms with E-state index >= 15 is 0 Å². The van der Waals surface area contributed by atoms with Crippen LogP contribution in [0.2, 0.25) is 0 Å². The van der Waals surface area contributed by atoms with E-state index in [0.29, 0.717) is 28.8 Å². The highest BCUT2D eigenvalue weighted by Gasteiger charge is 2.32. The lowest BCUT2D eigenvalue weighted by atomic mass is 9.86. The molecule has 1 heterocycles. The zero-order valence-corrected chi connectivity index (χ0v) is 18.2. The summed E-state index contributed by atoms with van der Waals surface area (Å²) < 4.78 is 12.7. The van der Waals surface area contributed by atoms with Gasteiger partial charge in [-0.3, -0.25) is 9.59 Å². The summed E-state index contributed by atoms with van der Waals surface area (Å²) in [6.07, 6.45) is 3.97. The number of ether oxygens (including phenoxy) is 2. The van der Waals surface area contributed by atoms with Crippen molar-refractivity contribution in [1.82, 2.24) is 15.0 Å². The number of aromatic nitrogens is 3. The Balaban J connectivity index is 1.59. The van der Waals surface area contributed by atoms with Gasteiger partial charge >= 0.3 is 0 Å². The lowest BCUT2D eigenvalue weighted by molar-refractivity contribution is 0.0854. The first kappa shape index (κ1) is 21.2. The van der Waals surface area contributed by atoms with Gasteiger partial charge in [-0.25, -0.2) is 4.68 Å². The number of fused-ring (bicyclic) bond motifs is 1. The minimum Gasteiger partial charge on any atom is -0.497 e. The lowest BCUT2D eigenvalue weighted by Crippen LogP contribution is -2.23. The maximum Gasteiger partial charge on any atom is 0.228 e. The number of carbonyl (C=O) groups excluding carboxylic acids is 2. The Bertz CT molecular complexity index is 1230. The first-order valence-electron chi connectivity index (χ1n) is 10.2. The van der Waals surface area contributed by atoms with Crippen molar-refractivity contribution in [3.05, 3.63) is 94.5 Å². The second-order valence-corrected chi connectivity index (χ2v) is 7.64. The highest BCUT2D eigenvalue weighted by molar-refractivity contribution is 6.26. The van der Waals surface area contributed by atoms with Crippen LogP contribution in [0.15, 0.2) is 77.7 Å². The Kier molecular flexibility index (Phi) is 5.98. The van der Waals surface area contributed by atoms with Gasteiger partial charge < -0.3 is 9.47 Å². The summed E-state index contributed by atoms with van der Waals surface area (Å²) in [6, 6.07) is 14.2. The van der Waals surface area contributed by atoms with Crippen LogP contribution < -0.4 is 4.74 Å². The van der Waals surface area contributed by atoms with Crippen molar-refractivity contribution in [3.63, 3.8) is 0 Å². The molecule has 32 heavy (non-hydrogen) atoms. The van der Waals surface area contributed by atoms with Crippen LogP contribution in [0.1, 0.15) is 46.7 Å². The normalized spacial score (nSPS) is 13.1. The summed E-state index contributed by atoms with van der Waals surface area (Å²) >= 11 is 0. The Morgan fingerprint density at radius 2 is 1.69 bits per heavy atom. The maximum atomic E-state index is 13.1. The lowest BCUT2D eigenvalue weighted by Gasteiger charge is -2.20. The molecule has 0 aliphatic heterocycles. The van der Waals surface area contributed by atoms with Crippen molar-refractivity contribution in [1.29, 1.82) is 0 Å². The van der Waals surface area contributed by atoms with Gasteiger partial charge in [-0.15, -0.1) is 5.10 Å². The van der Waals surface area contributed by atoms with Crippen molar-refractivity contribution in [2.45, 2.75) is 26.9 Å². The SMILES string of the molecule is COc1ccc(-n2cc(COC3=C(CC=C(C)C)C(=O)c4ccccc4C3=O)nn2)cc1. The number of ketones is 2. The molecule has 1 aliphatic rings. The number of hydrogen-bond acceptors (Lipinski definition) is 6. The summed E-state index contributed by atoms with van der Waals surface area (Å²) in [5.41, 5.74) is 3.53. The van der Waals surface area contributed by atoms with Gasteiger partial charge in [-0.05, 0) is 44.5 Å². The number of methoxy groups -OCH3 is 1. The van der Waals surface area contributed by atoms with Gasteiger partial charge in [0.1, 0.15) is 18.1 Å². The van der Waals surface area contributed by atoms with Crippen LogP contribution >= 0.6 is 0 Å². The minimum absolute atomic E-state index is 0.0188. The van der Waals surface area contributed by atoms with E-state index in [1.54, 1.807) is 42.3 Å².